The van der Waals surface area contributed by atoms with Gasteiger partial charge in [-0.05, 0) is 61.0 Å². The first kappa shape index (κ1) is 17.7. The van der Waals surface area contributed by atoms with Gasteiger partial charge in [-0.2, -0.15) is 0 Å². The number of carbonyl (C=O) groups excluding carboxylic acids is 1. The molecule has 0 aliphatic heterocycles. The number of anilines is 3. The van der Waals surface area contributed by atoms with Crippen molar-refractivity contribution >= 4 is 34.8 Å². The summed E-state index contributed by atoms with van der Waals surface area (Å²) in [5.41, 5.74) is 2.39. The zero-order valence-corrected chi connectivity index (χ0v) is 15.0. The highest BCUT2D eigenvalue weighted by atomic mass is 35.5. The van der Waals surface area contributed by atoms with E-state index < -0.39 is 0 Å². The summed E-state index contributed by atoms with van der Waals surface area (Å²) in [5.74, 6) is 1.33. The molecule has 0 spiro atoms. The zero-order valence-electron chi connectivity index (χ0n) is 14.3. The summed E-state index contributed by atoms with van der Waals surface area (Å²) < 4.78 is 5.08. The van der Waals surface area contributed by atoms with Crippen molar-refractivity contribution in [3.05, 3.63) is 70.7 Å². The normalized spacial score (nSPS) is 10.3. The van der Waals surface area contributed by atoms with Gasteiger partial charge >= 0.3 is 0 Å². The number of aromatic nitrogens is 2. The molecule has 0 atom stereocenters. The molecule has 6 nitrogen and oxygen atoms in total. The van der Waals surface area contributed by atoms with Crippen LogP contribution in [0, 0.1) is 6.92 Å². The van der Waals surface area contributed by atoms with Gasteiger partial charge in [-0.25, -0.2) is 0 Å². The van der Waals surface area contributed by atoms with Crippen LogP contribution in [-0.4, -0.2) is 23.2 Å². The fourth-order valence-electron chi connectivity index (χ4n) is 2.26. The Labute approximate surface area is 156 Å². The molecule has 0 fully saturated rings. The Kier molecular flexibility index (Phi) is 5.34. The minimum atomic E-state index is -0.270. The van der Waals surface area contributed by atoms with Gasteiger partial charge in [0.1, 0.15) is 5.75 Å². The van der Waals surface area contributed by atoms with Gasteiger partial charge in [-0.3, -0.25) is 4.79 Å². The summed E-state index contributed by atoms with van der Waals surface area (Å²) in [6, 6.07) is 15.8. The number of benzene rings is 2. The lowest BCUT2D eigenvalue weighted by Crippen LogP contribution is -2.13. The van der Waals surface area contributed by atoms with Crippen LogP contribution >= 0.6 is 11.6 Å². The molecule has 7 heteroatoms. The Morgan fingerprint density at radius 2 is 1.69 bits per heavy atom. The fraction of sp³-hybridized carbons (Fsp3) is 0.105. The van der Waals surface area contributed by atoms with Crippen LogP contribution in [0.15, 0.2) is 54.6 Å². The topological polar surface area (TPSA) is 76.1 Å². The molecule has 0 aliphatic rings. The van der Waals surface area contributed by atoms with E-state index in [0.717, 1.165) is 11.3 Å². The van der Waals surface area contributed by atoms with Crippen molar-refractivity contribution in [3.8, 4) is 5.75 Å². The molecule has 132 valence electrons. The van der Waals surface area contributed by atoms with Crippen molar-refractivity contribution in [2.24, 2.45) is 0 Å². The second-order valence-corrected chi connectivity index (χ2v) is 6.01. The van der Waals surface area contributed by atoms with E-state index in [1.807, 2.05) is 25.1 Å². The third-order valence-electron chi connectivity index (χ3n) is 3.72. The Balaban J connectivity index is 1.67. The number of amides is 1. The Morgan fingerprint density at radius 1 is 1.00 bits per heavy atom. The van der Waals surface area contributed by atoms with Gasteiger partial charge in [0.25, 0.3) is 5.91 Å². The lowest BCUT2D eigenvalue weighted by molar-refractivity contribution is 0.102. The molecule has 1 aromatic heterocycles. The number of carbonyl (C=O) groups is 1. The van der Waals surface area contributed by atoms with Crippen LogP contribution in [0.1, 0.15) is 15.9 Å². The summed E-state index contributed by atoms with van der Waals surface area (Å²) in [4.78, 5) is 12.2. The third kappa shape index (κ3) is 4.29. The molecule has 1 amide bonds. The van der Waals surface area contributed by atoms with E-state index >= 15 is 0 Å². The predicted octanol–water partition coefficient (Wildman–Crippen LogP) is 4.44. The first-order valence-corrected chi connectivity index (χ1v) is 8.25. The molecule has 3 aromatic rings. The molecule has 1 heterocycles. The van der Waals surface area contributed by atoms with Crippen LogP contribution in [0.4, 0.5) is 17.3 Å². The highest BCUT2D eigenvalue weighted by Crippen LogP contribution is 2.23. The minimum absolute atomic E-state index is 0.270. The van der Waals surface area contributed by atoms with E-state index in [9.17, 15) is 4.79 Å². The maximum Gasteiger partial charge on any atom is 0.256 e. The van der Waals surface area contributed by atoms with Crippen LogP contribution in [0.25, 0.3) is 0 Å². The second-order valence-electron chi connectivity index (χ2n) is 5.57. The number of nitrogens with zero attached hydrogens (tertiary/aromatic N) is 2. The summed E-state index contributed by atoms with van der Waals surface area (Å²) in [7, 11) is 1.57. The van der Waals surface area contributed by atoms with Crippen molar-refractivity contribution in [1.29, 1.82) is 0 Å². The average Bonchev–Trinajstić information content (AvgIpc) is 2.66. The highest BCUT2D eigenvalue weighted by molar-refractivity contribution is 6.30. The maximum absolute atomic E-state index is 12.2. The Bertz CT molecular complexity index is 912. The molecule has 0 unspecified atom stereocenters. The van der Waals surface area contributed by atoms with Crippen molar-refractivity contribution in [2.45, 2.75) is 6.92 Å². The second kappa shape index (κ2) is 7.84. The van der Waals surface area contributed by atoms with Crippen LogP contribution in [0.5, 0.6) is 5.75 Å². The van der Waals surface area contributed by atoms with Crippen LogP contribution in [0.3, 0.4) is 0 Å². The number of hydrogen-bond acceptors (Lipinski definition) is 5. The molecule has 0 aliphatic carbocycles. The molecule has 26 heavy (non-hydrogen) atoms. The Morgan fingerprint density at radius 3 is 2.35 bits per heavy atom. The summed E-state index contributed by atoms with van der Waals surface area (Å²) in [5, 5.41) is 14.6. The molecule has 3 rings (SSSR count). The number of methoxy groups -OCH3 is 1. The van der Waals surface area contributed by atoms with Crippen molar-refractivity contribution in [1.82, 2.24) is 10.2 Å². The zero-order chi connectivity index (χ0) is 18.5. The Hall–Kier alpha value is -3.12. The van der Waals surface area contributed by atoms with E-state index in [4.69, 9.17) is 16.3 Å². The first-order valence-electron chi connectivity index (χ1n) is 7.87. The molecular weight excluding hydrogens is 352 g/mol. The number of halogens is 1. The molecule has 0 saturated carbocycles. The lowest BCUT2D eigenvalue weighted by Gasteiger charge is -2.09. The van der Waals surface area contributed by atoms with Gasteiger partial charge in [0.2, 0.25) is 0 Å². The number of hydrogen-bond donors (Lipinski definition) is 2. The van der Waals surface area contributed by atoms with Crippen LogP contribution in [0.2, 0.25) is 5.02 Å². The van der Waals surface area contributed by atoms with Crippen molar-refractivity contribution < 1.29 is 9.53 Å². The van der Waals surface area contributed by atoms with Gasteiger partial charge in [-0.1, -0.05) is 17.7 Å². The maximum atomic E-state index is 12.2. The quantitative estimate of drug-likeness (QED) is 0.696. The number of aryl methyl sites for hydroxylation is 1. The lowest BCUT2D eigenvalue weighted by atomic mass is 10.2. The molecule has 2 N–H and O–H groups in total. The number of nitrogens with one attached hydrogen (secondary N) is 2. The summed E-state index contributed by atoms with van der Waals surface area (Å²) in [6.45, 7) is 1.97. The predicted molar refractivity (Wildman–Crippen MR) is 102 cm³/mol. The highest BCUT2D eigenvalue weighted by Gasteiger charge is 2.08. The van der Waals surface area contributed by atoms with E-state index in [-0.39, 0.29) is 5.91 Å². The van der Waals surface area contributed by atoms with E-state index in [1.165, 1.54) is 0 Å². The molecule has 0 saturated heterocycles. The van der Waals surface area contributed by atoms with Crippen molar-refractivity contribution in [2.75, 3.05) is 17.7 Å². The monoisotopic (exact) mass is 368 g/mol. The van der Waals surface area contributed by atoms with Gasteiger partial charge < -0.3 is 15.4 Å². The molecule has 0 bridgehead atoms. The smallest absolute Gasteiger partial charge is 0.256 e. The van der Waals surface area contributed by atoms with Crippen LogP contribution in [-0.2, 0) is 0 Å². The molecular formula is C19H17ClN4O2. The van der Waals surface area contributed by atoms with E-state index in [2.05, 4.69) is 20.8 Å². The van der Waals surface area contributed by atoms with Gasteiger partial charge in [0.05, 0.1) is 7.11 Å². The third-order valence-corrected chi connectivity index (χ3v) is 3.96. The van der Waals surface area contributed by atoms with Gasteiger partial charge in [-0.15, -0.1) is 10.2 Å². The number of rotatable bonds is 5. The minimum Gasteiger partial charge on any atom is -0.497 e. The van der Waals surface area contributed by atoms with Gasteiger partial charge in [0.15, 0.2) is 11.6 Å². The average molecular weight is 369 g/mol. The summed E-state index contributed by atoms with van der Waals surface area (Å²) in [6.07, 6.45) is 0. The summed E-state index contributed by atoms with van der Waals surface area (Å²) >= 11 is 6.01. The van der Waals surface area contributed by atoms with Crippen molar-refractivity contribution in [3.63, 3.8) is 0 Å². The SMILES string of the molecule is COc1ccc(C(=O)Nc2ccc(Nc3cc(Cl)ccc3C)nn2)cc1. The van der Waals surface area contributed by atoms with E-state index in [1.54, 1.807) is 43.5 Å². The van der Waals surface area contributed by atoms with Crippen LogP contribution < -0.4 is 15.4 Å². The molecule has 0 radical (unpaired) electrons. The molecule has 2 aromatic carbocycles. The number of ether oxygens (including phenoxy) is 1. The van der Waals surface area contributed by atoms with E-state index in [0.29, 0.717) is 28.0 Å². The first-order chi connectivity index (χ1) is 12.5. The standard InChI is InChI=1S/C19H17ClN4O2/c1-12-3-6-14(20)11-16(12)21-17-9-10-18(24-23-17)22-19(25)13-4-7-15(26-2)8-5-13/h3-11H,1-2H3,(H,21,23)(H,22,24,25). The largest absolute Gasteiger partial charge is 0.497 e. The van der Waals surface area contributed by atoms with Gasteiger partial charge in [0, 0.05) is 16.3 Å². The fourth-order valence-corrected chi connectivity index (χ4v) is 2.44.